The number of nitriles is 1. The van der Waals surface area contributed by atoms with Crippen LogP contribution in [0.4, 0.5) is 0 Å². The van der Waals surface area contributed by atoms with E-state index in [2.05, 4.69) is 28.9 Å². The van der Waals surface area contributed by atoms with Crippen molar-refractivity contribution in [3.63, 3.8) is 0 Å². The second-order valence-electron chi connectivity index (χ2n) is 4.78. The first-order valence-electron chi connectivity index (χ1n) is 6.58. The summed E-state index contributed by atoms with van der Waals surface area (Å²) in [4.78, 5) is 2.24. The zero-order chi connectivity index (χ0) is 13.5. The molecule has 102 valence electrons. The zero-order valence-corrected chi connectivity index (χ0v) is 11.2. The molecule has 0 radical (unpaired) electrons. The van der Waals surface area contributed by atoms with Gasteiger partial charge >= 0.3 is 0 Å². The van der Waals surface area contributed by atoms with Gasteiger partial charge in [0.05, 0.1) is 5.56 Å². The van der Waals surface area contributed by atoms with E-state index in [-0.39, 0.29) is 0 Å². The van der Waals surface area contributed by atoms with Gasteiger partial charge in [-0.2, -0.15) is 5.26 Å². The molecule has 1 heterocycles. The summed E-state index contributed by atoms with van der Waals surface area (Å²) in [6, 6.07) is 9.98. The Balaban J connectivity index is 1.72. The zero-order valence-electron chi connectivity index (χ0n) is 11.2. The lowest BCUT2D eigenvalue weighted by molar-refractivity contribution is 0.224. The molecule has 1 atom stereocenters. The van der Waals surface area contributed by atoms with Gasteiger partial charge in [-0.05, 0) is 25.6 Å². The standard InChI is InChI=1S/C14H20N4O/c1-18(11-13-6-7-16-17-13)8-9-19-14-5-3-2-4-12(14)10-15/h2-5,13,16-17H,6-9,11H2,1H3. The monoisotopic (exact) mass is 260 g/mol. The van der Waals surface area contributed by atoms with E-state index in [4.69, 9.17) is 10.00 Å². The molecule has 5 nitrogen and oxygen atoms in total. The lowest BCUT2D eigenvalue weighted by Crippen LogP contribution is -2.40. The molecular formula is C14H20N4O. The van der Waals surface area contributed by atoms with Gasteiger partial charge in [-0.3, -0.25) is 10.9 Å². The van der Waals surface area contributed by atoms with Crippen LogP contribution in [0.25, 0.3) is 0 Å². The minimum absolute atomic E-state index is 0.511. The summed E-state index contributed by atoms with van der Waals surface area (Å²) in [5.41, 5.74) is 6.96. The van der Waals surface area contributed by atoms with Crippen molar-refractivity contribution in [2.45, 2.75) is 12.5 Å². The quantitative estimate of drug-likeness (QED) is 0.790. The smallest absolute Gasteiger partial charge is 0.137 e. The molecule has 5 heteroatoms. The molecule has 1 saturated heterocycles. The maximum atomic E-state index is 8.96. The third-order valence-electron chi connectivity index (χ3n) is 3.19. The fourth-order valence-corrected chi connectivity index (χ4v) is 2.14. The van der Waals surface area contributed by atoms with Crippen LogP contribution in [0.15, 0.2) is 24.3 Å². The van der Waals surface area contributed by atoms with Crippen LogP contribution in [0, 0.1) is 11.3 Å². The number of nitrogens with one attached hydrogen (secondary N) is 2. The second kappa shape index (κ2) is 7.10. The number of rotatable bonds is 6. The fraction of sp³-hybridized carbons (Fsp3) is 0.500. The number of benzene rings is 1. The first kappa shape index (κ1) is 13.8. The molecule has 1 aromatic carbocycles. The number of ether oxygens (including phenoxy) is 1. The molecule has 0 saturated carbocycles. The van der Waals surface area contributed by atoms with Gasteiger partial charge < -0.3 is 9.64 Å². The van der Waals surface area contributed by atoms with Crippen molar-refractivity contribution < 1.29 is 4.74 Å². The van der Waals surface area contributed by atoms with Gasteiger partial charge in [-0.1, -0.05) is 12.1 Å². The summed E-state index contributed by atoms with van der Waals surface area (Å²) >= 11 is 0. The Labute approximate surface area is 114 Å². The molecule has 1 aromatic rings. The number of nitrogens with zero attached hydrogens (tertiary/aromatic N) is 2. The van der Waals surface area contributed by atoms with Crippen LogP contribution < -0.4 is 15.6 Å². The molecule has 1 aliphatic rings. The average Bonchev–Trinajstić information content (AvgIpc) is 2.92. The highest BCUT2D eigenvalue weighted by atomic mass is 16.5. The van der Waals surface area contributed by atoms with Crippen LogP contribution in [0.5, 0.6) is 5.75 Å². The molecule has 2 N–H and O–H groups in total. The number of hydrogen-bond acceptors (Lipinski definition) is 5. The third kappa shape index (κ3) is 4.21. The molecule has 0 amide bonds. The molecule has 0 spiro atoms. The molecule has 0 aliphatic carbocycles. The van der Waals surface area contributed by atoms with E-state index >= 15 is 0 Å². The van der Waals surface area contributed by atoms with Gasteiger partial charge in [0.1, 0.15) is 18.4 Å². The van der Waals surface area contributed by atoms with Crippen molar-refractivity contribution in [3.05, 3.63) is 29.8 Å². The second-order valence-corrected chi connectivity index (χ2v) is 4.78. The van der Waals surface area contributed by atoms with Gasteiger partial charge in [-0.25, -0.2) is 0 Å². The third-order valence-corrected chi connectivity index (χ3v) is 3.19. The van der Waals surface area contributed by atoms with Crippen molar-refractivity contribution >= 4 is 0 Å². The Morgan fingerprint density at radius 3 is 3.05 bits per heavy atom. The SMILES string of the molecule is CN(CCOc1ccccc1C#N)CC1CCNN1. The first-order valence-corrected chi connectivity index (χ1v) is 6.58. The lowest BCUT2D eigenvalue weighted by atomic mass is 10.2. The van der Waals surface area contributed by atoms with Gasteiger partial charge in [-0.15, -0.1) is 0 Å². The van der Waals surface area contributed by atoms with Crippen molar-refractivity contribution in [2.75, 3.05) is 33.3 Å². The maximum Gasteiger partial charge on any atom is 0.137 e. The Hall–Kier alpha value is -1.61. The van der Waals surface area contributed by atoms with Crippen LogP contribution in [0.3, 0.4) is 0 Å². The average molecular weight is 260 g/mol. The molecule has 2 rings (SSSR count). The van der Waals surface area contributed by atoms with E-state index in [1.165, 1.54) is 0 Å². The molecule has 1 aliphatic heterocycles. The van der Waals surface area contributed by atoms with Gasteiger partial charge in [0.15, 0.2) is 0 Å². The van der Waals surface area contributed by atoms with E-state index in [0.29, 0.717) is 24.0 Å². The van der Waals surface area contributed by atoms with Crippen LogP contribution >= 0.6 is 0 Å². The fourth-order valence-electron chi connectivity index (χ4n) is 2.14. The van der Waals surface area contributed by atoms with E-state index in [9.17, 15) is 0 Å². The first-order chi connectivity index (χ1) is 9.29. The molecule has 0 bridgehead atoms. The van der Waals surface area contributed by atoms with E-state index in [1.54, 1.807) is 6.07 Å². The van der Waals surface area contributed by atoms with Crippen LogP contribution in [-0.2, 0) is 0 Å². The minimum Gasteiger partial charge on any atom is -0.491 e. The Morgan fingerprint density at radius 2 is 2.32 bits per heavy atom. The predicted molar refractivity (Wildman–Crippen MR) is 73.7 cm³/mol. The predicted octanol–water partition coefficient (Wildman–Crippen LogP) is 0.735. The van der Waals surface area contributed by atoms with E-state index in [1.807, 2.05) is 18.2 Å². The van der Waals surface area contributed by atoms with Crippen molar-refractivity contribution in [3.8, 4) is 11.8 Å². The number of para-hydroxylation sites is 1. The number of hydrogen-bond donors (Lipinski definition) is 2. The highest BCUT2D eigenvalue weighted by Gasteiger charge is 2.15. The lowest BCUT2D eigenvalue weighted by Gasteiger charge is -2.20. The highest BCUT2D eigenvalue weighted by molar-refractivity contribution is 5.42. The van der Waals surface area contributed by atoms with Crippen molar-refractivity contribution in [1.82, 2.24) is 15.8 Å². The topological polar surface area (TPSA) is 60.3 Å². The summed E-state index contributed by atoms with van der Waals surface area (Å²) in [6.07, 6.45) is 1.16. The normalized spacial score (nSPS) is 18.5. The van der Waals surface area contributed by atoms with Gasteiger partial charge in [0, 0.05) is 25.7 Å². The summed E-state index contributed by atoms with van der Waals surface area (Å²) in [5, 5.41) is 8.96. The molecule has 19 heavy (non-hydrogen) atoms. The van der Waals surface area contributed by atoms with E-state index in [0.717, 1.165) is 26.1 Å². The van der Waals surface area contributed by atoms with Gasteiger partial charge in [0.25, 0.3) is 0 Å². The van der Waals surface area contributed by atoms with Crippen molar-refractivity contribution in [2.24, 2.45) is 0 Å². The molecule has 1 unspecified atom stereocenters. The van der Waals surface area contributed by atoms with E-state index < -0.39 is 0 Å². The number of hydrazine groups is 1. The maximum absolute atomic E-state index is 8.96. The molecule has 0 aromatic heterocycles. The molecule has 1 fully saturated rings. The largest absolute Gasteiger partial charge is 0.491 e. The summed E-state index contributed by atoms with van der Waals surface area (Å²) in [5.74, 6) is 0.666. The Bertz CT molecular complexity index is 437. The number of likely N-dealkylation sites (N-methyl/N-ethyl adjacent to an activating group) is 1. The van der Waals surface area contributed by atoms with Crippen LogP contribution in [-0.4, -0.2) is 44.2 Å². The summed E-state index contributed by atoms with van der Waals surface area (Å²) in [7, 11) is 2.08. The van der Waals surface area contributed by atoms with Gasteiger partial charge in [0.2, 0.25) is 0 Å². The summed E-state index contributed by atoms with van der Waals surface area (Å²) in [6.45, 7) is 3.47. The molecular weight excluding hydrogens is 240 g/mol. The minimum atomic E-state index is 0.511. The summed E-state index contributed by atoms with van der Waals surface area (Å²) < 4.78 is 5.66. The van der Waals surface area contributed by atoms with Crippen LogP contribution in [0.2, 0.25) is 0 Å². The van der Waals surface area contributed by atoms with Crippen molar-refractivity contribution in [1.29, 1.82) is 5.26 Å². The highest BCUT2D eigenvalue weighted by Crippen LogP contribution is 2.16. The Kier molecular flexibility index (Phi) is 5.16. The Morgan fingerprint density at radius 1 is 1.47 bits per heavy atom. The van der Waals surface area contributed by atoms with Crippen LogP contribution in [0.1, 0.15) is 12.0 Å².